The summed E-state index contributed by atoms with van der Waals surface area (Å²) in [5, 5.41) is 3.30. The van der Waals surface area contributed by atoms with Crippen LogP contribution in [0.5, 0.6) is 0 Å². The second kappa shape index (κ2) is 7.07. The van der Waals surface area contributed by atoms with E-state index >= 15 is 0 Å². The fourth-order valence-electron chi connectivity index (χ4n) is 1.33. The summed E-state index contributed by atoms with van der Waals surface area (Å²) in [5.74, 6) is 0. The minimum Gasteiger partial charge on any atom is -0.316 e. The molecule has 78 valence electrons. The Labute approximate surface area is 82.1 Å². The van der Waals surface area contributed by atoms with Gasteiger partial charge in [-0.15, -0.1) is 0 Å². The van der Waals surface area contributed by atoms with Crippen LogP contribution >= 0.6 is 0 Å². The summed E-state index contributed by atoms with van der Waals surface area (Å²) in [4.78, 5) is 10.1. The van der Waals surface area contributed by atoms with Crippen LogP contribution in [-0.4, -0.2) is 19.4 Å². The Morgan fingerprint density at radius 2 is 2.08 bits per heavy atom. The van der Waals surface area contributed by atoms with Crippen LogP contribution in [0.15, 0.2) is 0 Å². The Balaban J connectivity index is 3.44. The predicted octanol–water partition coefficient (Wildman–Crippen LogP) is 2.38. The molecule has 0 saturated heterocycles. The van der Waals surface area contributed by atoms with Crippen LogP contribution in [0.4, 0.5) is 0 Å². The van der Waals surface area contributed by atoms with Crippen molar-refractivity contribution in [3.63, 3.8) is 0 Å². The van der Waals surface area contributed by atoms with Crippen LogP contribution in [0.2, 0.25) is 0 Å². The van der Waals surface area contributed by atoms with Gasteiger partial charge in [-0.05, 0) is 11.8 Å². The summed E-state index contributed by atoms with van der Waals surface area (Å²) in [7, 11) is 0. The van der Waals surface area contributed by atoms with E-state index in [9.17, 15) is 4.79 Å². The Bertz CT molecular complexity index is 132. The van der Waals surface area contributed by atoms with Crippen molar-refractivity contribution in [1.29, 1.82) is 0 Å². The molecule has 0 unspecified atom stereocenters. The Kier molecular flexibility index (Phi) is 6.87. The molecule has 1 N–H and O–H groups in total. The number of nitrogens with one attached hydrogen (secondary N) is 1. The molecule has 0 saturated carbocycles. The fraction of sp³-hybridized carbons (Fsp3) is 0.909. The van der Waals surface area contributed by atoms with Crippen LogP contribution in [-0.2, 0) is 4.79 Å². The zero-order valence-electron chi connectivity index (χ0n) is 9.23. The minimum absolute atomic E-state index is 0.374. The molecule has 0 spiro atoms. The third kappa shape index (κ3) is 7.97. The van der Waals surface area contributed by atoms with Crippen molar-refractivity contribution < 1.29 is 4.79 Å². The highest BCUT2D eigenvalue weighted by Gasteiger charge is 2.15. The van der Waals surface area contributed by atoms with Crippen molar-refractivity contribution in [2.45, 2.75) is 46.5 Å². The van der Waals surface area contributed by atoms with E-state index < -0.39 is 0 Å². The molecule has 0 fully saturated rings. The summed E-state index contributed by atoms with van der Waals surface area (Å²) in [6.45, 7) is 8.60. The number of carbonyl (C=O) groups is 1. The molecule has 13 heavy (non-hydrogen) atoms. The van der Waals surface area contributed by atoms with E-state index in [1.54, 1.807) is 0 Å². The molecule has 0 atom stereocenters. The molecular weight excluding hydrogens is 162 g/mol. The quantitative estimate of drug-likeness (QED) is 0.464. The highest BCUT2D eigenvalue weighted by atomic mass is 16.1. The first-order valence-electron chi connectivity index (χ1n) is 5.27. The lowest BCUT2D eigenvalue weighted by Gasteiger charge is -2.24. The third-order valence-corrected chi connectivity index (χ3v) is 2.25. The van der Waals surface area contributed by atoms with Crippen molar-refractivity contribution in [2.24, 2.45) is 5.41 Å². The first-order chi connectivity index (χ1) is 6.12. The molecule has 0 aromatic rings. The molecule has 0 radical (unpaired) electrons. The summed E-state index contributed by atoms with van der Waals surface area (Å²) in [5.41, 5.74) is 0.374. The number of unbranched alkanes of at least 4 members (excludes halogenated alkanes) is 1. The minimum atomic E-state index is 0.374. The van der Waals surface area contributed by atoms with Crippen LogP contribution in [0.1, 0.15) is 46.5 Å². The van der Waals surface area contributed by atoms with Gasteiger partial charge in [0.25, 0.3) is 0 Å². The summed E-state index contributed by atoms with van der Waals surface area (Å²) < 4.78 is 0. The molecular formula is C11H23NO. The SMILES string of the molecule is CCCCC(C)(C)CNCCC=O. The lowest BCUT2D eigenvalue weighted by Crippen LogP contribution is -2.30. The smallest absolute Gasteiger partial charge is 0.121 e. The Morgan fingerprint density at radius 3 is 2.62 bits per heavy atom. The highest BCUT2D eigenvalue weighted by molar-refractivity contribution is 5.49. The van der Waals surface area contributed by atoms with Gasteiger partial charge in [0, 0.05) is 19.5 Å². The van der Waals surface area contributed by atoms with E-state index in [2.05, 4.69) is 26.1 Å². The van der Waals surface area contributed by atoms with E-state index in [0.29, 0.717) is 11.8 Å². The van der Waals surface area contributed by atoms with Gasteiger partial charge >= 0.3 is 0 Å². The standard InChI is InChI=1S/C11H23NO/c1-4-5-7-11(2,3)10-12-8-6-9-13/h9,12H,4-8,10H2,1-3H3. The topological polar surface area (TPSA) is 29.1 Å². The van der Waals surface area contributed by atoms with Gasteiger partial charge in [0.2, 0.25) is 0 Å². The Morgan fingerprint density at radius 1 is 1.38 bits per heavy atom. The van der Waals surface area contributed by atoms with Gasteiger partial charge in [0.1, 0.15) is 6.29 Å². The van der Waals surface area contributed by atoms with Crippen LogP contribution in [0.3, 0.4) is 0 Å². The number of carbonyl (C=O) groups excluding carboxylic acids is 1. The van der Waals surface area contributed by atoms with Crippen molar-refractivity contribution >= 4 is 6.29 Å². The number of aldehydes is 1. The molecule has 0 heterocycles. The van der Waals surface area contributed by atoms with Crippen molar-refractivity contribution in [1.82, 2.24) is 5.32 Å². The molecule has 0 bridgehead atoms. The van der Waals surface area contributed by atoms with E-state index in [1.807, 2.05) is 0 Å². The maximum absolute atomic E-state index is 10.1. The van der Waals surface area contributed by atoms with Gasteiger partial charge < -0.3 is 10.1 Å². The van der Waals surface area contributed by atoms with E-state index in [-0.39, 0.29) is 0 Å². The third-order valence-electron chi connectivity index (χ3n) is 2.25. The van der Waals surface area contributed by atoms with Gasteiger partial charge in [-0.25, -0.2) is 0 Å². The lowest BCUT2D eigenvalue weighted by atomic mass is 9.87. The normalized spacial score (nSPS) is 11.6. The first kappa shape index (κ1) is 12.6. The fourth-order valence-corrected chi connectivity index (χ4v) is 1.33. The molecule has 0 aliphatic rings. The van der Waals surface area contributed by atoms with Crippen molar-refractivity contribution in [3.8, 4) is 0 Å². The van der Waals surface area contributed by atoms with Gasteiger partial charge in [-0.2, -0.15) is 0 Å². The van der Waals surface area contributed by atoms with Crippen molar-refractivity contribution in [2.75, 3.05) is 13.1 Å². The first-order valence-corrected chi connectivity index (χ1v) is 5.27. The maximum atomic E-state index is 10.1. The van der Waals surface area contributed by atoms with E-state index in [1.165, 1.54) is 19.3 Å². The van der Waals surface area contributed by atoms with Crippen LogP contribution in [0, 0.1) is 5.41 Å². The molecule has 0 rings (SSSR count). The molecule has 2 heteroatoms. The summed E-state index contributed by atoms with van der Waals surface area (Å²) in [6.07, 6.45) is 5.41. The largest absolute Gasteiger partial charge is 0.316 e. The van der Waals surface area contributed by atoms with E-state index in [0.717, 1.165) is 19.4 Å². The predicted molar refractivity (Wildman–Crippen MR) is 56.9 cm³/mol. The average Bonchev–Trinajstić information content (AvgIpc) is 2.09. The lowest BCUT2D eigenvalue weighted by molar-refractivity contribution is -0.107. The maximum Gasteiger partial charge on any atom is 0.121 e. The summed E-state index contributed by atoms with van der Waals surface area (Å²) >= 11 is 0. The van der Waals surface area contributed by atoms with Gasteiger partial charge in [-0.3, -0.25) is 0 Å². The molecule has 0 aromatic heterocycles. The van der Waals surface area contributed by atoms with Crippen molar-refractivity contribution in [3.05, 3.63) is 0 Å². The van der Waals surface area contributed by atoms with Crippen LogP contribution in [0.25, 0.3) is 0 Å². The number of hydrogen-bond donors (Lipinski definition) is 1. The van der Waals surface area contributed by atoms with Gasteiger partial charge in [-0.1, -0.05) is 33.6 Å². The van der Waals surface area contributed by atoms with Crippen LogP contribution < -0.4 is 5.32 Å². The second-order valence-corrected chi connectivity index (χ2v) is 4.40. The molecule has 0 aromatic carbocycles. The Hall–Kier alpha value is -0.370. The zero-order chi connectivity index (χ0) is 10.2. The zero-order valence-corrected chi connectivity index (χ0v) is 9.23. The van der Waals surface area contributed by atoms with Gasteiger partial charge in [0.05, 0.1) is 0 Å². The summed E-state index contributed by atoms with van der Waals surface area (Å²) in [6, 6.07) is 0. The monoisotopic (exact) mass is 185 g/mol. The van der Waals surface area contributed by atoms with E-state index in [4.69, 9.17) is 0 Å². The molecule has 0 amide bonds. The number of hydrogen-bond acceptors (Lipinski definition) is 2. The average molecular weight is 185 g/mol. The highest BCUT2D eigenvalue weighted by Crippen LogP contribution is 2.21. The second-order valence-electron chi connectivity index (χ2n) is 4.40. The van der Waals surface area contributed by atoms with Gasteiger partial charge in [0.15, 0.2) is 0 Å². The number of rotatable bonds is 8. The molecule has 0 aliphatic heterocycles. The molecule has 0 aliphatic carbocycles. The molecule has 2 nitrogen and oxygen atoms in total.